The smallest absolute Gasteiger partial charge is 0.0804 e. The molecular formula is C7H12O2. The van der Waals surface area contributed by atoms with Crippen LogP contribution in [0.15, 0.2) is 0 Å². The van der Waals surface area contributed by atoms with E-state index in [4.69, 9.17) is 4.74 Å². The Morgan fingerprint density at radius 2 is 2.33 bits per heavy atom. The molecule has 0 aromatic rings. The lowest BCUT2D eigenvalue weighted by Crippen LogP contribution is -2.15. The van der Waals surface area contributed by atoms with Gasteiger partial charge in [-0.3, -0.25) is 0 Å². The Morgan fingerprint density at radius 1 is 1.44 bits per heavy atom. The van der Waals surface area contributed by atoms with E-state index in [9.17, 15) is 5.11 Å². The standard InChI is InChI=1S/C7H12O2/c8-7-4-9-2-1-5-3-6(5)7/h5-8H,1-4H2. The summed E-state index contributed by atoms with van der Waals surface area (Å²) in [6.45, 7) is 1.43. The molecular weight excluding hydrogens is 116 g/mol. The second-order valence-electron chi connectivity index (χ2n) is 3.09. The first-order valence-corrected chi connectivity index (χ1v) is 3.64. The van der Waals surface area contributed by atoms with Crippen molar-refractivity contribution in [1.82, 2.24) is 0 Å². The van der Waals surface area contributed by atoms with Gasteiger partial charge in [-0.15, -0.1) is 0 Å². The lowest BCUT2D eigenvalue weighted by molar-refractivity contribution is 0.0381. The predicted molar refractivity (Wildman–Crippen MR) is 33.0 cm³/mol. The number of hydrogen-bond acceptors (Lipinski definition) is 2. The van der Waals surface area contributed by atoms with E-state index in [1.807, 2.05) is 0 Å². The Hall–Kier alpha value is -0.0800. The molecule has 1 N–H and O–H groups in total. The zero-order valence-electron chi connectivity index (χ0n) is 5.42. The molecule has 0 bridgehead atoms. The fourth-order valence-electron chi connectivity index (χ4n) is 1.64. The molecule has 52 valence electrons. The number of ether oxygens (including phenoxy) is 1. The third-order valence-corrected chi connectivity index (χ3v) is 2.39. The highest BCUT2D eigenvalue weighted by Gasteiger charge is 2.43. The van der Waals surface area contributed by atoms with Crippen LogP contribution in [0.1, 0.15) is 12.8 Å². The van der Waals surface area contributed by atoms with Gasteiger partial charge in [0.1, 0.15) is 0 Å². The Morgan fingerprint density at radius 3 is 3.22 bits per heavy atom. The van der Waals surface area contributed by atoms with Crippen molar-refractivity contribution in [2.75, 3.05) is 13.2 Å². The van der Waals surface area contributed by atoms with Crippen molar-refractivity contribution in [3.8, 4) is 0 Å². The van der Waals surface area contributed by atoms with Gasteiger partial charge < -0.3 is 9.84 Å². The molecule has 0 aromatic heterocycles. The van der Waals surface area contributed by atoms with Crippen LogP contribution in [-0.2, 0) is 4.74 Å². The molecule has 1 aliphatic heterocycles. The van der Waals surface area contributed by atoms with E-state index in [1.54, 1.807) is 0 Å². The zero-order chi connectivity index (χ0) is 6.27. The molecule has 2 rings (SSSR count). The van der Waals surface area contributed by atoms with Gasteiger partial charge in [-0.2, -0.15) is 0 Å². The minimum absolute atomic E-state index is 0.155. The van der Waals surface area contributed by atoms with Gasteiger partial charge in [0.05, 0.1) is 12.7 Å². The maximum absolute atomic E-state index is 9.27. The Labute approximate surface area is 54.8 Å². The van der Waals surface area contributed by atoms with Gasteiger partial charge in [-0.1, -0.05) is 0 Å². The molecule has 3 unspecified atom stereocenters. The number of aliphatic hydroxyl groups is 1. The molecule has 2 fully saturated rings. The second kappa shape index (κ2) is 1.96. The average Bonchev–Trinajstić information content (AvgIpc) is 2.55. The largest absolute Gasteiger partial charge is 0.390 e. The summed E-state index contributed by atoms with van der Waals surface area (Å²) in [6, 6.07) is 0. The van der Waals surface area contributed by atoms with Gasteiger partial charge in [0.2, 0.25) is 0 Å². The molecule has 0 radical (unpaired) electrons. The van der Waals surface area contributed by atoms with Gasteiger partial charge >= 0.3 is 0 Å². The van der Waals surface area contributed by atoms with Crippen molar-refractivity contribution in [2.45, 2.75) is 18.9 Å². The van der Waals surface area contributed by atoms with Gasteiger partial charge in [0, 0.05) is 6.61 Å². The van der Waals surface area contributed by atoms with E-state index >= 15 is 0 Å². The quantitative estimate of drug-likeness (QED) is 0.512. The third-order valence-electron chi connectivity index (χ3n) is 2.39. The normalized spacial score (nSPS) is 49.7. The summed E-state index contributed by atoms with van der Waals surface area (Å²) >= 11 is 0. The Balaban J connectivity index is 1.96. The predicted octanol–water partition coefficient (Wildman–Crippen LogP) is 0.404. The van der Waals surface area contributed by atoms with Gasteiger partial charge in [0.15, 0.2) is 0 Å². The van der Waals surface area contributed by atoms with Crippen LogP contribution in [-0.4, -0.2) is 24.4 Å². The lowest BCUT2D eigenvalue weighted by atomic mass is 10.2. The van der Waals surface area contributed by atoms with Crippen molar-refractivity contribution in [1.29, 1.82) is 0 Å². The van der Waals surface area contributed by atoms with Crippen molar-refractivity contribution in [3.05, 3.63) is 0 Å². The maximum atomic E-state index is 9.27. The SMILES string of the molecule is OC1COCCC2CC12. The highest BCUT2D eigenvalue weighted by Crippen LogP contribution is 2.45. The second-order valence-corrected chi connectivity index (χ2v) is 3.09. The van der Waals surface area contributed by atoms with Crippen molar-refractivity contribution < 1.29 is 9.84 Å². The first kappa shape index (κ1) is 5.69. The summed E-state index contributed by atoms with van der Waals surface area (Å²) in [6.07, 6.45) is 2.25. The summed E-state index contributed by atoms with van der Waals surface area (Å²) in [5, 5.41) is 9.27. The van der Waals surface area contributed by atoms with Crippen LogP contribution in [0.25, 0.3) is 0 Å². The molecule has 1 aliphatic carbocycles. The van der Waals surface area contributed by atoms with E-state index in [-0.39, 0.29) is 6.10 Å². The number of rotatable bonds is 0. The summed E-state index contributed by atoms with van der Waals surface area (Å²) in [5.41, 5.74) is 0. The lowest BCUT2D eigenvalue weighted by Gasteiger charge is -2.05. The minimum atomic E-state index is -0.155. The van der Waals surface area contributed by atoms with Crippen LogP contribution in [0.2, 0.25) is 0 Å². The molecule has 0 amide bonds. The fraction of sp³-hybridized carbons (Fsp3) is 1.00. The van der Waals surface area contributed by atoms with Crippen molar-refractivity contribution in [2.24, 2.45) is 11.8 Å². The first-order valence-electron chi connectivity index (χ1n) is 3.64. The van der Waals surface area contributed by atoms with E-state index in [2.05, 4.69) is 0 Å². The van der Waals surface area contributed by atoms with E-state index in [1.165, 1.54) is 12.8 Å². The Bertz CT molecular complexity index is 113. The summed E-state index contributed by atoms with van der Waals surface area (Å²) < 4.78 is 5.16. The molecule has 2 aliphatic rings. The molecule has 9 heavy (non-hydrogen) atoms. The van der Waals surface area contributed by atoms with Gasteiger partial charge in [0.25, 0.3) is 0 Å². The molecule has 2 nitrogen and oxygen atoms in total. The number of hydrogen-bond donors (Lipinski definition) is 1. The topological polar surface area (TPSA) is 29.5 Å². The summed E-state index contributed by atoms with van der Waals surface area (Å²) in [5.74, 6) is 1.38. The van der Waals surface area contributed by atoms with E-state index in [0.29, 0.717) is 12.5 Å². The summed E-state index contributed by atoms with van der Waals surface area (Å²) in [4.78, 5) is 0. The zero-order valence-corrected chi connectivity index (χ0v) is 5.42. The summed E-state index contributed by atoms with van der Waals surface area (Å²) in [7, 11) is 0. The molecule has 2 heteroatoms. The van der Waals surface area contributed by atoms with Crippen LogP contribution < -0.4 is 0 Å². The molecule has 1 heterocycles. The highest BCUT2D eigenvalue weighted by atomic mass is 16.5. The van der Waals surface area contributed by atoms with Gasteiger partial charge in [-0.25, -0.2) is 0 Å². The number of fused-ring (bicyclic) bond motifs is 1. The average molecular weight is 128 g/mol. The fourth-order valence-corrected chi connectivity index (χ4v) is 1.64. The van der Waals surface area contributed by atoms with Crippen LogP contribution in [0.3, 0.4) is 0 Å². The highest BCUT2D eigenvalue weighted by molar-refractivity contribution is 4.92. The van der Waals surface area contributed by atoms with Crippen LogP contribution >= 0.6 is 0 Å². The molecule has 0 aromatic carbocycles. The Kier molecular flexibility index (Phi) is 1.24. The van der Waals surface area contributed by atoms with Crippen molar-refractivity contribution >= 4 is 0 Å². The molecule has 0 spiro atoms. The number of aliphatic hydroxyl groups excluding tert-OH is 1. The molecule has 3 atom stereocenters. The van der Waals surface area contributed by atoms with Crippen molar-refractivity contribution in [3.63, 3.8) is 0 Å². The third kappa shape index (κ3) is 0.970. The minimum Gasteiger partial charge on any atom is -0.390 e. The van der Waals surface area contributed by atoms with Gasteiger partial charge in [-0.05, 0) is 24.7 Å². The first-order chi connectivity index (χ1) is 4.38. The van der Waals surface area contributed by atoms with Crippen LogP contribution in [0, 0.1) is 11.8 Å². The van der Waals surface area contributed by atoms with Crippen LogP contribution in [0.5, 0.6) is 0 Å². The van der Waals surface area contributed by atoms with Crippen LogP contribution in [0.4, 0.5) is 0 Å². The van der Waals surface area contributed by atoms with E-state index < -0.39 is 0 Å². The van der Waals surface area contributed by atoms with E-state index in [0.717, 1.165) is 12.5 Å². The maximum Gasteiger partial charge on any atom is 0.0804 e. The molecule has 1 saturated carbocycles. The molecule has 1 saturated heterocycles. The monoisotopic (exact) mass is 128 g/mol.